The molecule has 0 radical (unpaired) electrons. The molecule has 2 aromatic rings. The van der Waals surface area contributed by atoms with Gasteiger partial charge >= 0.3 is 0 Å². The Hall–Kier alpha value is -1.75. The number of nitrogens with two attached hydrogens (primary N) is 2. The summed E-state index contributed by atoms with van der Waals surface area (Å²) in [5.74, 6) is 0. The van der Waals surface area contributed by atoms with Crippen LogP contribution in [0.3, 0.4) is 0 Å². The van der Waals surface area contributed by atoms with Crippen LogP contribution in [0.2, 0.25) is 0 Å². The molecule has 100 valence electrons. The minimum atomic E-state index is -2.91. The quantitative estimate of drug-likeness (QED) is 0.439. The third-order valence-corrected chi connectivity index (χ3v) is 4.05. The molecule has 0 aliphatic heterocycles. The van der Waals surface area contributed by atoms with Crippen LogP contribution in [0.4, 0.5) is 22.7 Å². The van der Waals surface area contributed by atoms with Gasteiger partial charge in [0.25, 0.3) is 0 Å². The molecule has 0 bridgehead atoms. The van der Waals surface area contributed by atoms with Crippen LogP contribution in [0, 0.1) is 0 Å². The number of anilines is 4. The zero-order valence-corrected chi connectivity index (χ0v) is 11.8. The lowest BCUT2D eigenvalue weighted by molar-refractivity contribution is 0.633. The number of benzene rings is 2. The van der Waals surface area contributed by atoms with Crippen LogP contribution in [-0.4, -0.2) is 4.89 Å². The van der Waals surface area contributed by atoms with E-state index in [1.807, 2.05) is 0 Å². The van der Waals surface area contributed by atoms with Crippen molar-refractivity contribution in [2.75, 3.05) is 21.6 Å². The van der Waals surface area contributed by atoms with Crippen molar-refractivity contribution in [1.82, 2.24) is 0 Å². The summed E-state index contributed by atoms with van der Waals surface area (Å²) in [5, 5.41) is 5.78. The van der Waals surface area contributed by atoms with Crippen molar-refractivity contribution in [3.05, 3.63) is 48.5 Å². The maximum atomic E-state index is 10.2. The number of hydrogen-bond acceptors (Lipinski definition) is 3. The molecule has 0 aliphatic rings. The summed E-state index contributed by atoms with van der Waals surface area (Å²) in [6.07, 6.45) is 0. The van der Waals surface area contributed by atoms with E-state index in [1.165, 1.54) is 0 Å². The van der Waals surface area contributed by atoms with E-state index in [4.69, 9.17) is 23.3 Å². The highest BCUT2D eigenvalue weighted by Crippen LogP contribution is 2.41. The van der Waals surface area contributed by atoms with Crippen LogP contribution in [0.15, 0.2) is 48.5 Å². The van der Waals surface area contributed by atoms with E-state index in [0.717, 1.165) is 0 Å². The lowest BCUT2D eigenvalue weighted by Crippen LogP contribution is -2.05. The lowest BCUT2D eigenvalue weighted by Gasteiger charge is -2.20. The van der Waals surface area contributed by atoms with E-state index in [2.05, 4.69) is 10.2 Å². The van der Waals surface area contributed by atoms with Gasteiger partial charge in [-0.1, -0.05) is 0 Å². The van der Waals surface area contributed by atoms with Crippen LogP contribution >= 0.6 is 6.57 Å². The summed E-state index contributed by atoms with van der Waals surface area (Å²) in [6.45, 7) is -2.91. The van der Waals surface area contributed by atoms with Crippen LogP contribution in [0.5, 0.6) is 0 Å². The smallest absolute Gasteiger partial charge is 0.246 e. The molecular formula is C12H15N4OPS. The predicted molar refractivity (Wildman–Crippen MR) is 85.5 cm³/mol. The number of nitrogens with one attached hydrogen (secondary N) is 2. The molecule has 0 atom stereocenters. The fourth-order valence-corrected chi connectivity index (χ4v) is 3.18. The van der Waals surface area contributed by atoms with Crippen molar-refractivity contribution in [3.8, 4) is 0 Å². The second-order valence-electron chi connectivity index (χ2n) is 4.04. The Morgan fingerprint density at radius 1 is 0.789 bits per heavy atom. The summed E-state index contributed by atoms with van der Waals surface area (Å²) >= 11 is 5.16. The van der Waals surface area contributed by atoms with Crippen molar-refractivity contribution in [2.45, 2.75) is 0 Å². The van der Waals surface area contributed by atoms with Gasteiger partial charge in [0.15, 0.2) is 0 Å². The summed E-state index contributed by atoms with van der Waals surface area (Å²) < 4.78 is 0. The van der Waals surface area contributed by atoms with Crippen LogP contribution in [0.25, 0.3) is 0 Å². The summed E-state index contributed by atoms with van der Waals surface area (Å²) in [4.78, 5) is 10.2. The number of nitrogen functional groups attached to an aromatic ring is 2. The van der Waals surface area contributed by atoms with Gasteiger partial charge in [0.1, 0.15) is 0 Å². The van der Waals surface area contributed by atoms with Gasteiger partial charge in [-0.25, -0.2) is 0 Å². The topological polar surface area (TPSA) is 96.3 Å². The Morgan fingerprint density at radius 2 is 1.11 bits per heavy atom. The summed E-state index contributed by atoms with van der Waals surface area (Å²) in [6, 6.07) is 14.0. The molecule has 7 N–H and O–H groups in total. The third-order valence-electron chi connectivity index (χ3n) is 2.38. The maximum absolute atomic E-state index is 10.2. The van der Waals surface area contributed by atoms with Gasteiger partial charge in [0.05, 0.1) is 0 Å². The first-order valence-electron chi connectivity index (χ1n) is 5.55. The van der Waals surface area contributed by atoms with E-state index < -0.39 is 6.57 Å². The first-order chi connectivity index (χ1) is 8.94. The van der Waals surface area contributed by atoms with Crippen molar-refractivity contribution >= 4 is 41.1 Å². The van der Waals surface area contributed by atoms with Crippen LogP contribution in [-0.2, 0) is 11.8 Å². The Morgan fingerprint density at radius 3 is 1.42 bits per heavy atom. The minimum Gasteiger partial charge on any atom is -0.399 e. The molecule has 0 heterocycles. The maximum Gasteiger partial charge on any atom is 0.246 e. The van der Waals surface area contributed by atoms with Crippen molar-refractivity contribution in [2.24, 2.45) is 0 Å². The summed E-state index contributed by atoms with van der Waals surface area (Å²) in [5.41, 5.74) is 13.9. The molecule has 2 rings (SSSR count). The number of hydrogen-bond donors (Lipinski definition) is 5. The first-order valence-corrected chi connectivity index (χ1v) is 8.30. The zero-order valence-electron chi connectivity index (χ0n) is 10.1. The standard InChI is InChI=1S/C12H15N4OPS/c13-9-1-5-11(6-2-9)15-18(17,19)16-12-7-3-10(14)4-8-12/h1-8H,13-14H2,(H3,15,16,17,19). The van der Waals surface area contributed by atoms with Gasteiger partial charge in [-0.3, -0.25) is 0 Å². The van der Waals surface area contributed by atoms with E-state index >= 15 is 0 Å². The second kappa shape index (κ2) is 5.48. The van der Waals surface area contributed by atoms with Crippen molar-refractivity contribution in [1.29, 1.82) is 0 Å². The van der Waals surface area contributed by atoms with E-state index in [1.54, 1.807) is 48.5 Å². The SMILES string of the molecule is Nc1ccc(NP(O)(=S)Nc2ccc(N)cc2)cc1. The molecule has 0 saturated heterocycles. The molecule has 2 aromatic carbocycles. The van der Waals surface area contributed by atoms with E-state index in [9.17, 15) is 4.89 Å². The third kappa shape index (κ3) is 4.13. The molecule has 5 nitrogen and oxygen atoms in total. The highest BCUT2D eigenvalue weighted by Gasteiger charge is 2.12. The van der Waals surface area contributed by atoms with E-state index in [0.29, 0.717) is 22.7 Å². The first kappa shape index (κ1) is 13.7. The van der Waals surface area contributed by atoms with E-state index in [-0.39, 0.29) is 0 Å². The zero-order chi connectivity index (χ0) is 13.9. The van der Waals surface area contributed by atoms with Crippen molar-refractivity contribution < 1.29 is 4.89 Å². The minimum absolute atomic E-state index is 0.656. The van der Waals surface area contributed by atoms with Gasteiger partial charge in [-0.15, -0.1) is 0 Å². The largest absolute Gasteiger partial charge is 0.399 e. The fraction of sp³-hybridized carbons (Fsp3) is 0. The molecule has 0 aliphatic carbocycles. The molecule has 0 saturated carbocycles. The Bertz CT molecular complexity index is 549. The Balaban J connectivity index is 2.08. The Labute approximate surface area is 116 Å². The molecule has 7 heteroatoms. The highest BCUT2D eigenvalue weighted by atomic mass is 32.4. The molecule has 19 heavy (non-hydrogen) atoms. The second-order valence-corrected chi connectivity index (χ2v) is 7.23. The van der Waals surface area contributed by atoms with Crippen LogP contribution in [0.1, 0.15) is 0 Å². The summed E-state index contributed by atoms with van der Waals surface area (Å²) in [7, 11) is 0. The highest BCUT2D eigenvalue weighted by molar-refractivity contribution is 8.13. The average Bonchev–Trinajstić information content (AvgIpc) is 2.34. The monoisotopic (exact) mass is 294 g/mol. The Kier molecular flexibility index (Phi) is 3.95. The molecule has 0 amide bonds. The lowest BCUT2D eigenvalue weighted by atomic mass is 10.3. The van der Waals surface area contributed by atoms with Crippen LogP contribution < -0.4 is 21.6 Å². The van der Waals surface area contributed by atoms with Crippen molar-refractivity contribution in [3.63, 3.8) is 0 Å². The molecule has 0 unspecified atom stereocenters. The predicted octanol–water partition coefficient (Wildman–Crippen LogP) is 2.59. The van der Waals surface area contributed by atoms with Gasteiger partial charge < -0.3 is 26.5 Å². The molecule has 0 aromatic heterocycles. The normalized spacial score (nSPS) is 11.0. The molecule has 0 spiro atoms. The van der Waals surface area contributed by atoms with Gasteiger partial charge in [-0.2, -0.15) is 0 Å². The molecular weight excluding hydrogens is 279 g/mol. The molecule has 0 fully saturated rings. The van der Waals surface area contributed by atoms with Gasteiger partial charge in [-0.05, 0) is 60.3 Å². The van der Waals surface area contributed by atoms with Gasteiger partial charge in [0, 0.05) is 22.7 Å². The fourth-order valence-electron chi connectivity index (χ4n) is 1.49. The van der Waals surface area contributed by atoms with Gasteiger partial charge in [0.2, 0.25) is 6.57 Å². The average molecular weight is 294 g/mol. The number of rotatable bonds is 4.